The van der Waals surface area contributed by atoms with Crippen molar-refractivity contribution >= 4 is 23.9 Å². The van der Waals surface area contributed by atoms with Gasteiger partial charge in [0.1, 0.15) is 17.8 Å². The Bertz CT molecular complexity index is 1070. The molecule has 1 fully saturated rings. The molecule has 0 saturated carbocycles. The Morgan fingerprint density at radius 2 is 1.94 bits per heavy atom. The summed E-state index contributed by atoms with van der Waals surface area (Å²) in [6.45, 7) is -0.302. The van der Waals surface area contributed by atoms with Gasteiger partial charge in [0.05, 0.1) is 7.11 Å². The van der Waals surface area contributed by atoms with Gasteiger partial charge in [-0.05, 0) is 48.1 Å². The van der Waals surface area contributed by atoms with Gasteiger partial charge in [-0.25, -0.2) is 9.59 Å². The molecule has 2 aliphatic rings. The van der Waals surface area contributed by atoms with E-state index in [1.807, 2.05) is 36.4 Å². The van der Waals surface area contributed by atoms with Gasteiger partial charge < -0.3 is 15.4 Å². The van der Waals surface area contributed by atoms with E-state index in [1.54, 1.807) is 19.2 Å². The number of carbonyl (C=O) groups is 4. The average Bonchev–Trinajstić information content (AvgIpc) is 3.02. The summed E-state index contributed by atoms with van der Waals surface area (Å²) in [5.74, 6) is -0.564. The van der Waals surface area contributed by atoms with Crippen molar-refractivity contribution in [3.05, 3.63) is 65.2 Å². The van der Waals surface area contributed by atoms with Crippen LogP contribution in [0.2, 0.25) is 0 Å². The smallest absolute Gasteiger partial charge is 0.325 e. The maximum atomic E-state index is 13.3. The quantitative estimate of drug-likeness (QED) is 0.618. The number of carbonyl (C=O) groups excluding carboxylic acids is 4. The first-order chi connectivity index (χ1) is 15.4. The number of aryl methyl sites for hydroxylation is 1. The van der Waals surface area contributed by atoms with Crippen LogP contribution in [0.15, 0.2) is 48.5 Å². The van der Waals surface area contributed by atoms with E-state index in [9.17, 15) is 19.2 Å². The van der Waals surface area contributed by atoms with Gasteiger partial charge in [0, 0.05) is 6.54 Å². The fraction of sp³-hybridized carbons (Fsp3) is 0.304. The van der Waals surface area contributed by atoms with Crippen LogP contribution in [-0.4, -0.2) is 42.4 Å². The van der Waals surface area contributed by atoms with E-state index in [-0.39, 0.29) is 6.54 Å². The number of nitrogens with one attached hydrogen (secondary N) is 3. The molecule has 0 bridgehead atoms. The van der Waals surface area contributed by atoms with Crippen molar-refractivity contribution < 1.29 is 23.9 Å². The van der Waals surface area contributed by atoms with E-state index in [0.717, 1.165) is 22.4 Å². The second-order valence-corrected chi connectivity index (χ2v) is 7.82. The first kappa shape index (κ1) is 21.4. The zero-order chi connectivity index (χ0) is 22.7. The molecule has 3 N–H and O–H groups in total. The third kappa shape index (κ3) is 4.01. The van der Waals surface area contributed by atoms with Crippen molar-refractivity contribution in [2.24, 2.45) is 0 Å². The molecule has 2 aromatic rings. The van der Waals surface area contributed by atoms with E-state index >= 15 is 0 Å². The minimum absolute atomic E-state index is 0.243. The van der Waals surface area contributed by atoms with E-state index in [1.165, 1.54) is 0 Å². The standard InChI is InChI=1S/C23H24N4O5/c1-32-17-9-10-18-16(12-17)8-5-11-23(18)20(29)27(22(31)26-23)14-19(28)25-21(30)24-13-15-6-3-2-4-7-15/h2-4,6-7,9-10,12H,5,8,11,13-14H2,1H3,(H,26,31)(H2,24,25,28,30)/t23-/m0/s1. The molecule has 1 saturated heterocycles. The third-order valence-corrected chi connectivity index (χ3v) is 5.80. The maximum Gasteiger partial charge on any atom is 0.325 e. The zero-order valence-corrected chi connectivity index (χ0v) is 17.6. The van der Waals surface area contributed by atoms with Gasteiger partial charge in [-0.15, -0.1) is 0 Å². The van der Waals surface area contributed by atoms with Crippen LogP contribution < -0.4 is 20.7 Å². The fourth-order valence-corrected chi connectivity index (χ4v) is 4.25. The van der Waals surface area contributed by atoms with Crippen LogP contribution in [0.25, 0.3) is 0 Å². The van der Waals surface area contributed by atoms with Crippen molar-refractivity contribution in [3.63, 3.8) is 0 Å². The van der Waals surface area contributed by atoms with Crippen LogP contribution in [-0.2, 0) is 28.1 Å². The van der Waals surface area contributed by atoms with Crippen molar-refractivity contribution in [2.75, 3.05) is 13.7 Å². The van der Waals surface area contributed by atoms with E-state index < -0.39 is 36.0 Å². The van der Waals surface area contributed by atoms with Gasteiger partial charge in [-0.3, -0.25) is 19.8 Å². The van der Waals surface area contributed by atoms with Gasteiger partial charge in [0.2, 0.25) is 5.91 Å². The van der Waals surface area contributed by atoms with Crippen LogP contribution >= 0.6 is 0 Å². The largest absolute Gasteiger partial charge is 0.497 e. The maximum absolute atomic E-state index is 13.3. The summed E-state index contributed by atoms with van der Waals surface area (Å²) >= 11 is 0. The Labute approximate surface area is 185 Å². The lowest BCUT2D eigenvalue weighted by atomic mass is 9.76. The topological polar surface area (TPSA) is 117 Å². The molecule has 0 unspecified atom stereocenters. The van der Waals surface area contributed by atoms with Gasteiger partial charge in [0.25, 0.3) is 5.91 Å². The molecule has 2 aromatic carbocycles. The van der Waals surface area contributed by atoms with E-state index in [4.69, 9.17) is 4.74 Å². The molecule has 1 aliphatic heterocycles. The highest BCUT2D eigenvalue weighted by atomic mass is 16.5. The number of imide groups is 2. The lowest BCUT2D eigenvalue weighted by Crippen LogP contribution is -2.48. The van der Waals surface area contributed by atoms with Crippen LogP contribution in [0, 0.1) is 0 Å². The van der Waals surface area contributed by atoms with Crippen molar-refractivity contribution in [1.82, 2.24) is 20.9 Å². The fourth-order valence-electron chi connectivity index (χ4n) is 4.25. The summed E-state index contributed by atoms with van der Waals surface area (Å²) in [6, 6.07) is 13.3. The summed E-state index contributed by atoms with van der Waals surface area (Å²) in [4.78, 5) is 51.1. The van der Waals surface area contributed by atoms with Gasteiger partial charge >= 0.3 is 12.1 Å². The summed E-state index contributed by atoms with van der Waals surface area (Å²) < 4.78 is 5.26. The summed E-state index contributed by atoms with van der Waals surface area (Å²) in [5, 5.41) is 7.52. The second kappa shape index (κ2) is 8.70. The molecule has 1 heterocycles. The summed E-state index contributed by atoms with van der Waals surface area (Å²) in [7, 11) is 1.57. The van der Waals surface area contributed by atoms with Crippen LogP contribution in [0.4, 0.5) is 9.59 Å². The van der Waals surface area contributed by atoms with E-state index in [0.29, 0.717) is 24.2 Å². The number of methoxy groups -OCH3 is 1. The third-order valence-electron chi connectivity index (χ3n) is 5.80. The minimum atomic E-state index is -1.20. The molecular weight excluding hydrogens is 412 g/mol. The molecule has 4 rings (SSSR count). The monoisotopic (exact) mass is 436 g/mol. The van der Waals surface area contributed by atoms with Crippen LogP contribution in [0.1, 0.15) is 29.5 Å². The molecule has 32 heavy (non-hydrogen) atoms. The molecule has 1 spiro atoms. The molecular formula is C23H24N4O5. The van der Waals surface area contributed by atoms with Crippen LogP contribution in [0.3, 0.4) is 0 Å². The summed E-state index contributed by atoms with van der Waals surface area (Å²) in [6.07, 6.45) is 1.90. The number of hydrogen-bond acceptors (Lipinski definition) is 5. The Morgan fingerprint density at radius 3 is 2.69 bits per heavy atom. The highest BCUT2D eigenvalue weighted by Crippen LogP contribution is 2.41. The Balaban J connectivity index is 1.42. The normalized spacial score (nSPS) is 19.3. The highest BCUT2D eigenvalue weighted by molar-refractivity contribution is 6.10. The molecule has 1 atom stereocenters. The molecule has 9 heteroatoms. The number of benzene rings is 2. The van der Waals surface area contributed by atoms with Crippen molar-refractivity contribution in [1.29, 1.82) is 0 Å². The van der Waals surface area contributed by atoms with E-state index in [2.05, 4.69) is 16.0 Å². The molecule has 9 nitrogen and oxygen atoms in total. The van der Waals surface area contributed by atoms with Gasteiger partial charge in [-0.2, -0.15) is 0 Å². The predicted molar refractivity (Wildman–Crippen MR) is 115 cm³/mol. The number of rotatable bonds is 5. The van der Waals surface area contributed by atoms with Crippen molar-refractivity contribution in [3.8, 4) is 5.75 Å². The highest BCUT2D eigenvalue weighted by Gasteiger charge is 2.54. The number of nitrogens with zero attached hydrogens (tertiary/aromatic N) is 1. The number of hydrogen-bond donors (Lipinski definition) is 3. The Hall–Kier alpha value is -3.88. The average molecular weight is 436 g/mol. The molecule has 166 valence electrons. The summed E-state index contributed by atoms with van der Waals surface area (Å²) in [5.41, 5.74) is 1.31. The SMILES string of the molecule is COc1ccc2c(c1)CCC[C@]21NC(=O)N(CC(=O)NC(=O)NCc2ccccc2)C1=O. The molecule has 6 amide bonds. The lowest BCUT2D eigenvalue weighted by Gasteiger charge is -2.33. The second-order valence-electron chi connectivity index (χ2n) is 7.82. The Morgan fingerprint density at radius 1 is 1.16 bits per heavy atom. The predicted octanol–water partition coefficient (Wildman–Crippen LogP) is 1.80. The van der Waals surface area contributed by atoms with Gasteiger partial charge in [0.15, 0.2) is 0 Å². The lowest BCUT2D eigenvalue weighted by molar-refractivity contribution is -0.135. The molecule has 1 aliphatic carbocycles. The zero-order valence-electron chi connectivity index (χ0n) is 17.6. The number of amides is 6. The number of urea groups is 2. The number of fused-ring (bicyclic) bond motifs is 2. The van der Waals surface area contributed by atoms with Crippen LogP contribution in [0.5, 0.6) is 5.75 Å². The number of ether oxygens (including phenoxy) is 1. The first-order valence-corrected chi connectivity index (χ1v) is 10.4. The Kier molecular flexibility index (Phi) is 5.81. The minimum Gasteiger partial charge on any atom is -0.497 e. The molecule has 0 radical (unpaired) electrons. The van der Waals surface area contributed by atoms with Crippen molar-refractivity contribution in [2.45, 2.75) is 31.3 Å². The molecule has 0 aromatic heterocycles. The first-order valence-electron chi connectivity index (χ1n) is 10.4. The van der Waals surface area contributed by atoms with Gasteiger partial charge in [-0.1, -0.05) is 36.4 Å².